The molecule has 7 aromatic carbocycles. The molecule has 0 aromatic heterocycles. The highest BCUT2D eigenvalue weighted by atomic mass is 16.8. The Kier molecular flexibility index (Phi) is 18.0. The first-order chi connectivity index (χ1) is 38.5. The third-order valence-electron chi connectivity index (χ3n) is 12.5. The molecule has 7 aromatic rings. The van der Waals surface area contributed by atoms with Crippen LogP contribution in [0.15, 0.2) is 212 Å². The van der Waals surface area contributed by atoms with E-state index in [9.17, 15) is 38.7 Å². The molecule has 2 aliphatic heterocycles. The zero-order valence-electron chi connectivity index (χ0n) is 41.8. The van der Waals surface area contributed by atoms with Crippen LogP contribution in [0.25, 0.3) is 0 Å². The molecule has 0 amide bonds. The van der Waals surface area contributed by atoms with Crippen LogP contribution in [0.5, 0.6) is 0 Å². The van der Waals surface area contributed by atoms with E-state index in [2.05, 4.69) is 0 Å². The molecule has 18 heteroatoms. The SMILES string of the molecule is O=C(OC[C@H]1O[C@H](O[C@H]2[C@H](OC(=O)c3ccccc3)[C@H](OC(=O)c3ccccc3)[C@@H](O)O[C@@H]2COC(=O)c2ccccc2)[C@H](OC(=O)c2ccccc2)[C@@H](OC(=O)c2ccccc2)[C@H]1OC(=O)c1ccccc1)c1ccccc1. The molecule has 1 N–H and O–H groups in total. The molecular formula is C61H50O18. The number of ether oxygens (including phenoxy) is 10. The summed E-state index contributed by atoms with van der Waals surface area (Å²) in [6.07, 6.45) is -19.0. The number of aliphatic hydroxyl groups excluding tert-OH is 1. The highest BCUT2D eigenvalue weighted by Crippen LogP contribution is 2.36. The fourth-order valence-electron chi connectivity index (χ4n) is 8.59. The predicted octanol–water partition coefficient (Wildman–Crippen LogP) is 7.66. The lowest BCUT2D eigenvalue weighted by Gasteiger charge is -2.48. The van der Waals surface area contributed by atoms with E-state index >= 15 is 0 Å². The molecule has 2 fully saturated rings. The number of carbonyl (C=O) groups excluding carboxylic acids is 7. The molecule has 402 valence electrons. The number of aliphatic hydroxyl groups is 1. The van der Waals surface area contributed by atoms with E-state index in [0.29, 0.717) is 0 Å². The van der Waals surface area contributed by atoms with Gasteiger partial charge in [-0.25, -0.2) is 33.6 Å². The van der Waals surface area contributed by atoms with Gasteiger partial charge in [-0.1, -0.05) is 127 Å². The van der Waals surface area contributed by atoms with Crippen LogP contribution in [0.4, 0.5) is 0 Å². The average molecular weight is 1070 g/mol. The summed E-state index contributed by atoms with van der Waals surface area (Å²) < 4.78 is 62.0. The number of hydrogen-bond acceptors (Lipinski definition) is 18. The molecule has 18 nitrogen and oxygen atoms in total. The number of benzene rings is 7. The molecule has 2 heterocycles. The molecule has 79 heavy (non-hydrogen) atoms. The normalized spacial score (nSPS) is 22.4. The average Bonchev–Trinajstić information content (AvgIpc) is 3.60. The van der Waals surface area contributed by atoms with Gasteiger partial charge in [0.05, 0.1) is 38.9 Å². The fraction of sp³-hybridized carbons (Fsp3) is 0.197. The Labute approximate surface area is 452 Å². The number of hydrogen-bond donors (Lipinski definition) is 1. The summed E-state index contributed by atoms with van der Waals surface area (Å²) in [7, 11) is 0. The molecule has 0 bridgehead atoms. The van der Waals surface area contributed by atoms with Gasteiger partial charge in [0.15, 0.2) is 43.1 Å². The Hall–Kier alpha value is -9.33. The van der Waals surface area contributed by atoms with E-state index in [1.807, 2.05) is 0 Å². The second-order valence-corrected chi connectivity index (χ2v) is 17.8. The Morgan fingerprint density at radius 2 is 0.557 bits per heavy atom. The van der Waals surface area contributed by atoms with Gasteiger partial charge in [-0.3, -0.25) is 0 Å². The zero-order chi connectivity index (χ0) is 55.1. The molecule has 0 saturated carbocycles. The largest absolute Gasteiger partial charge is 0.459 e. The summed E-state index contributed by atoms with van der Waals surface area (Å²) in [5.74, 6) is -6.72. The van der Waals surface area contributed by atoms with E-state index in [4.69, 9.17) is 47.4 Å². The van der Waals surface area contributed by atoms with Crippen molar-refractivity contribution >= 4 is 41.8 Å². The zero-order valence-corrected chi connectivity index (χ0v) is 41.8. The van der Waals surface area contributed by atoms with Crippen molar-refractivity contribution in [2.24, 2.45) is 0 Å². The minimum Gasteiger partial charge on any atom is -0.459 e. The lowest BCUT2D eigenvalue weighted by atomic mass is 9.95. The molecular weight excluding hydrogens is 1020 g/mol. The van der Waals surface area contributed by atoms with Gasteiger partial charge in [0, 0.05) is 0 Å². The van der Waals surface area contributed by atoms with Crippen LogP contribution in [0, 0.1) is 0 Å². The van der Waals surface area contributed by atoms with Crippen molar-refractivity contribution in [3.63, 3.8) is 0 Å². The van der Waals surface area contributed by atoms with Crippen molar-refractivity contribution in [3.8, 4) is 0 Å². The van der Waals surface area contributed by atoms with Crippen LogP contribution in [-0.4, -0.2) is 122 Å². The third-order valence-corrected chi connectivity index (χ3v) is 12.5. The number of esters is 7. The maximum atomic E-state index is 14.5. The molecule has 2 saturated heterocycles. The highest BCUT2D eigenvalue weighted by molar-refractivity contribution is 5.93. The predicted molar refractivity (Wildman–Crippen MR) is 276 cm³/mol. The van der Waals surface area contributed by atoms with Gasteiger partial charge in [-0.05, 0) is 84.9 Å². The lowest BCUT2D eigenvalue weighted by Crippen LogP contribution is -2.67. The Bertz CT molecular complexity index is 3170. The number of carbonyl (C=O) groups is 7. The van der Waals surface area contributed by atoms with Gasteiger partial charge in [0.1, 0.15) is 31.5 Å². The fourth-order valence-corrected chi connectivity index (χ4v) is 8.59. The van der Waals surface area contributed by atoms with Crippen molar-refractivity contribution in [1.29, 1.82) is 0 Å². The van der Waals surface area contributed by atoms with Crippen molar-refractivity contribution < 1.29 is 86.0 Å². The van der Waals surface area contributed by atoms with E-state index < -0.39 is 116 Å². The van der Waals surface area contributed by atoms with Crippen molar-refractivity contribution in [2.75, 3.05) is 13.2 Å². The Morgan fingerprint density at radius 1 is 0.304 bits per heavy atom. The first kappa shape index (κ1) is 54.5. The van der Waals surface area contributed by atoms with E-state index in [-0.39, 0.29) is 38.9 Å². The van der Waals surface area contributed by atoms with Crippen molar-refractivity contribution in [3.05, 3.63) is 251 Å². The van der Waals surface area contributed by atoms with Gasteiger partial charge >= 0.3 is 41.8 Å². The monoisotopic (exact) mass is 1070 g/mol. The standard InChI is InChI=1S/C61H50O18/c62-53(38-22-8-1-9-23-38)70-36-45-48(49(75-56(65)41-28-14-4-15-29-41)51(60(69)72-45)77-58(67)43-32-18-6-19-33-43)79-61-52(78-59(68)44-34-20-7-21-35-44)50(76-57(66)42-30-16-5-17-31-42)47(74-55(64)40-26-12-3-13-27-40)46(73-61)37-71-54(63)39-24-10-2-11-25-39/h1-35,45-52,60-61,69H,36-37H2/t45-,46-,47+,48-,49+,50+,51+,52-,60+,61-/m1/s1. The van der Waals surface area contributed by atoms with Gasteiger partial charge < -0.3 is 52.5 Å². The molecule has 0 unspecified atom stereocenters. The first-order valence-electron chi connectivity index (χ1n) is 24.9. The van der Waals surface area contributed by atoms with Crippen LogP contribution in [0.1, 0.15) is 72.5 Å². The van der Waals surface area contributed by atoms with Gasteiger partial charge in [-0.15, -0.1) is 0 Å². The van der Waals surface area contributed by atoms with Crippen LogP contribution in [0.3, 0.4) is 0 Å². The smallest absolute Gasteiger partial charge is 0.338 e. The maximum absolute atomic E-state index is 14.5. The van der Waals surface area contributed by atoms with Crippen molar-refractivity contribution in [2.45, 2.75) is 61.4 Å². The minimum atomic E-state index is -2.12. The molecule has 10 atom stereocenters. The van der Waals surface area contributed by atoms with Crippen molar-refractivity contribution in [1.82, 2.24) is 0 Å². The Balaban J connectivity index is 1.18. The highest BCUT2D eigenvalue weighted by Gasteiger charge is 2.58. The van der Waals surface area contributed by atoms with Gasteiger partial charge in [0.2, 0.25) is 0 Å². The van der Waals surface area contributed by atoms with E-state index in [1.54, 1.807) is 127 Å². The molecule has 2 aliphatic rings. The van der Waals surface area contributed by atoms with Gasteiger partial charge in [-0.2, -0.15) is 0 Å². The number of rotatable bonds is 18. The summed E-state index contributed by atoms with van der Waals surface area (Å²) in [5, 5.41) is 11.9. The minimum absolute atomic E-state index is 0.00210. The molecule has 0 radical (unpaired) electrons. The maximum Gasteiger partial charge on any atom is 0.338 e. The van der Waals surface area contributed by atoms with Gasteiger partial charge in [0.25, 0.3) is 0 Å². The second kappa shape index (κ2) is 26.1. The van der Waals surface area contributed by atoms with Crippen LogP contribution in [0.2, 0.25) is 0 Å². The second-order valence-electron chi connectivity index (χ2n) is 17.8. The van der Waals surface area contributed by atoms with Crippen LogP contribution >= 0.6 is 0 Å². The summed E-state index contributed by atoms with van der Waals surface area (Å²) in [4.78, 5) is 98.6. The first-order valence-corrected chi connectivity index (χ1v) is 24.9. The summed E-state index contributed by atoms with van der Waals surface area (Å²) >= 11 is 0. The molecule has 9 rings (SSSR count). The van der Waals surface area contributed by atoms with E-state index in [1.165, 1.54) is 84.9 Å². The third kappa shape index (κ3) is 13.8. The topological polar surface area (TPSA) is 232 Å². The van der Waals surface area contributed by atoms with E-state index in [0.717, 1.165) is 0 Å². The quantitative estimate of drug-likeness (QED) is 0.0642. The lowest BCUT2D eigenvalue weighted by molar-refractivity contribution is -0.352. The molecule has 0 spiro atoms. The Morgan fingerprint density at radius 3 is 0.886 bits per heavy atom. The molecule has 0 aliphatic carbocycles. The van der Waals surface area contributed by atoms with Crippen LogP contribution < -0.4 is 0 Å². The summed E-state index contributed by atoms with van der Waals surface area (Å²) in [6.45, 7) is -1.50. The summed E-state index contributed by atoms with van der Waals surface area (Å²) in [5.41, 5.74) is 0.298. The van der Waals surface area contributed by atoms with Crippen LogP contribution in [-0.2, 0) is 47.4 Å². The summed E-state index contributed by atoms with van der Waals surface area (Å²) in [6, 6.07) is 54.1.